The molecule has 1 aromatic carbocycles. The first-order valence-electron chi connectivity index (χ1n) is 4.62. The fourth-order valence-electron chi connectivity index (χ4n) is 1.20. The average molecular weight is 297 g/mol. The number of Topliss-reactive ketones (excluding diaryl/α,β-unsaturated/α-hetero) is 1. The number of benzene rings is 1. The van der Waals surface area contributed by atoms with Crippen LogP contribution in [0.4, 0.5) is 0 Å². The van der Waals surface area contributed by atoms with Gasteiger partial charge in [-0.2, -0.15) is 0 Å². The van der Waals surface area contributed by atoms with Gasteiger partial charge in [0.2, 0.25) is 9.05 Å². The zero-order chi connectivity index (χ0) is 13.1. The third-order valence-electron chi connectivity index (χ3n) is 2.05. The van der Waals surface area contributed by atoms with Crippen LogP contribution >= 0.6 is 22.3 Å². The fourth-order valence-corrected chi connectivity index (χ4v) is 2.12. The Balaban J connectivity index is 2.80. The molecule has 0 radical (unpaired) electrons. The smallest absolute Gasteiger partial charge is 0.233 e. The summed E-state index contributed by atoms with van der Waals surface area (Å²) in [5.41, 5.74) is 0.330. The number of carbonyl (C=O) groups excluding carboxylic acids is 1. The van der Waals surface area contributed by atoms with Crippen LogP contribution in [0.5, 0.6) is 5.75 Å². The van der Waals surface area contributed by atoms with Crippen molar-refractivity contribution in [1.29, 1.82) is 0 Å². The lowest BCUT2D eigenvalue weighted by Gasteiger charge is -2.05. The molecule has 1 rings (SSSR count). The van der Waals surface area contributed by atoms with Crippen LogP contribution in [0.25, 0.3) is 0 Å². The van der Waals surface area contributed by atoms with Gasteiger partial charge in [0.1, 0.15) is 5.75 Å². The average Bonchev–Trinajstić information content (AvgIpc) is 2.24. The minimum atomic E-state index is -3.66. The van der Waals surface area contributed by atoms with Crippen molar-refractivity contribution >= 4 is 37.1 Å². The largest absolute Gasteiger partial charge is 0.495 e. The van der Waals surface area contributed by atoms with Crippen LogP contribution in [0.2, 0.25) is 5.02 Å². The molecule has 0 heterocycles. The van der Waals surface area contributed by atoms with E-state index < -0.39 is 14.8 Å². The third-order valence-corrected chi connectivity index (χ3v) is 3.50. The highest BCUT2D eigenvalue weighted by molar-refractivity contribution is 8.13. The summed E-state index contributed by atoms with van der Waals surface area (Å²) in [5, 5.41) is 0.298. The number of ether oxygens (including phenoxy) is 1. The molecular formula is C10H10Cl2O4S. The van der Waals surface area contributed by atoms with E-state index in [1.807, 2.05) is 0 Å². The third kappa shape index (κ3) is 4.53. The second-order valence-electron chi connectivity index (χ2n) is 3.27. The van der Waals surface area contributed by atoms with Crippen molar-refractivity contribution in [2.45, 2.75) is 6.42 Å². The van der Waals surface area contributed by atoms with Crippen molar-refractivity contribution in [1.82, 2.24) is 0 Å². The predicted octanol–water partition coefficient (Wildman–Crippen LogP) is 2.49. The SMILES string of the molecule is COc1ccc(C(=O)CCS(=O)(=O)Cl)cc1Cl. The molecule has 0 amide bonds. The van der Waals surface area contributed by atoms with E-state index in [0.29, 0.717) is 16.3 Å². The number of ketones is 1. The van der Waals surface area contributed by atoms with Gasteiger partial charge in [-0.05, 0) is 18.2 Å². The van der Waals surface area contributed by atoms with E-state index in [2.05, 4.69) is 0 Å². The molecule has 94 valence electrons. The molecule has 0 aliphatic heterocycles. The first-order chi connectivity index (χ1) is 7.83. The molecule has 0 fully saturated rings. The molecule has 4 nitrogen and oxygen atoms in total. The van der Waals surface area contributed by atoms with Gasteiger partial charge in [0, 0.05) is 22.7 Å². The molecule has 0 spiro atoms. The Morgan fingerprint density at radius 2 is 2.06 bits per heavy atom. The first kappa shape index (κ1) is 14.3. The van der Waals surface area contributed by atoms with Crippen LogP contribution < -0.4 is 4.74 Å². The molecule has 7 heteroatoms. The zero-order valence-electron chi connectivity index (χ0n) is 8.94. The number of hydrogen-bond acceptors (Lipinski definition) is 4. The van der Waals surface area contributed by atoms with Gasteiger partial charge < -0.3 is 4.74 Å². The maximum atomic E-state index is 11.6. The van der Waals surface area contributed by atoms with Crippen molar-refractivity contribution < 1.29 is 17.9 Å². The topological polar surface area (TPSA) is 60.4 Å². The Hall–Kier alpha value is -0.780. The second kappa shape index (κ2) is 5.71. The van der Waals surface area contributed by atoms with E-state index in [1.54, 1.807) is 6.07 Å². The minimum Gasteiger partial charge on any atom is -0.495 e. The van der Waals surface area contributed by atoms with Gasteiger partial charge >= 0.3 is 0 Å². The highest BCUT2D eigenvalue weighted by Gasteiger charge is 2.13. The molecule has 0 bridgehead atoms. The van der Waals surface area contributed by atoms with E-state index in [-0.39, 0.29) is 12.2 Å². The van der Waals surface area contributed by atoms with Gasteiger partial charge in [0.15, 0.2) is 5.78 Å². The molecule has 0 unspecified atom stereocenters. The first-order valence-corrected chi connectivity index (χ1v) is 7.48. The lowest BCUT2D eigenvalue weighted by Crippen LogP contribution is -2.06. The van der Waals surface area contributed by atoms with Crippen molar-refractivity contribution in [3.8, 4) is 5.75 Å². The Morgan fingerprint density at radius 3 is 2.53 bits per heavy atom. The summed E-state index contributed by atoms with van der Waals surface area (Å²) in [7, 11) is 2.82. The molecule has 0 saturated heterocycles. The minimum absolute atomic E-state index is 0.172. The summed E-state index contributed by atoms with van der Waals surface area (Å²) < 4.78 is 26.3. The van der Waals surface area contributed by atoms with E-state index in [1.165, 1.54) is 19.2 Å². The lowest BCUT2D eigenvalue weighted by atomic mass is 10.1. The molecule has 1 aromatic rings. The summed E-state index contributed by atoms with van der Waals surface area (Å²) >= 11 is 5.84. The number of carbonyl (C=O) groups is 1. The van der Waals surface area contributed by atoms with Crippen molar-refractivity contribution in [3.05, 3.63) is 28.8 Å². The maximum absolute atomic E-state index is 11.6. The molecule has 0 aliphatic rings. The van der Waals surface area contributed by atoms with Gasteiger partial charge in [0.05, 0.1) is 17.9 Å². The van der Waals surface area contributed by atoms with Gasteiger partial charge in [-0.1, -0.05) is 11.6 Å². The van der Waals surface area contributed by atoms with E-state index in [0.717, 1.165) is 0 Å². The van der Waals surface area contributed by atoms with Crippen LogP contribution in [0.1, 0.15) is 16.8 Å². The zero-order valence-corrected chi connectivity index (χ0v) is 11.3. The van der Waals surface area contributed by atoms with Crippen LogP contribution in [0.15, 0.2) is 18.2 Å². The maximum Gasteiger partial charge on any atom is 0.233 e. The standard InChI is InChI=1S/C10H10Cl2O4S/c1-16-10-3-2-7(6-8(10)11)9(13)4-5-17(12,14)15/h2-3,6H,4-5H2,1H3. The van der Waals surface area contributed by atoms with Gasteiger partial charge in [-0.25, -0.2) is 8.42 Å². The Morgan fingerprint density at radius 1 is 1.41 bits per heavy atom. The Kier molecular flexibility index (Phi) is 4.80. The Bertz CT molecular complexity index is 525. The highest BCUT2D eigenvalue weighted by atomic mass is 35.7. The number of halogens is 2. The molecule has 0 aromatic heterocycles. The predicted molar refractivity (Wildman–Crippen MR) is 66.6 cm³/mol. The quantitative estimate of drug-likeness (QED) is 0.619. The normalized spacial score (nSPS) is 11.2. The van der Waals surface area contributed by atoms with Crippen molar-refractivity contribution in [3.63, 3.8) is 0 Å². The monoisotopic (exact) mass is 296 g/mol. The number of rotatable bonds is 5. The Labute approximate surface area is 109 Å². The number of hydrogen-bond donors (Lipinski definition) is 0. The molecule has 0 N–H and O–H groups in total. The summed E-state index contributed by atoms with van der Waals surface area (Å²) in [5.74, 6) is -0.274. The van der Waals surface area contributed by atoms with E-state index in [9.17, 15) is 13.2 Å². The highest BCUT2D eigenvalue weighted by Crippen LogP contribution is 2.25. The van der Waals surface area contributed by atoms with Gasteiger partial charge in [0.25, 0.3) is 0 Å². The van der Waals surface area contributed by atoms with E-state index >= 15 is 0 Å². The van der Waals surface area contributed by atoms with Crippen LogP contribution in [-0.4, -0.2) is 27.1 Å². The fraction of sp³-hybridized carbons (Fsp3) is 0.300. The summed E-state index contributed by atoms with van der Waals surface area (Å²) in [4.78, 5) is 11.6. The van der Waals surface area contributed by atoms with Crippen LogP contribution in [-0.2, 0) is 9.05 Å². The van der Waals surface area contributed by atoms with Crippen LogP contribution in [0.3, 0.4) is 0 Å². The molecular weight excluding hydrogens is 287 g/mol. The van der Waals surface area contributed by atoms with Crippen molar-refractivity contribution in [2.24, 2.45) is 0 Å². The van der Waals surface area contributed by atoms with Gasteiger partial charge in [-0.3, -0.25) is 4.79 Å². The molecule has 0 saturated carbocycles. The molecule has 0 atom stereocenters. The number of methoxy groups -OCH3 is 1. The van der Waals surface area contributed by atoms with E-state index in [4.69, 9.17) is 27.0 Å². The molecule has 17 heavy (non-hydrogen) atoms. The van der Waals surface area contributed by atoms with Crippen molar-refractivity contribution in [2.75, 3.05) is 12.9 Å². The second-order valence-corrected chi connectivity index (χ2v) is 6.57. The summed E-state index contributed by atoms with van der Waals surface area (Å²) in [6, 6.07) is 4.50. The summed E-state index contributed by atoms with van der Waals surface area (Å²) in [6.07, 6.45) is -0.172. The lowest BCUT2D eigenvalue weighted by molar-refractivity contribution is 0.0989. The van der Waals surface area contributed by atoms with Gasteiger partial charge in [-0.15, -0.1) is 0 Å². The van der Waals surface area contributed by atoms with Crippen LogP contribution in [0, 0.1) is 0 Å². The molecule has 0 aliphatic carbocycles. The summed E-state index contributed by atoms with van der Waals surface area (Å²) in [6.45, 7) is 0.